The average Bonchev–Trinajstić information content (AvgIpc) is 3.43. The Morgan fingerprint density at radius 2 is 1.60 bits per heavy atom. The molecule has 1 N–H and O–H groups in total. The van der Waals surface area contributed by atoms with E-state index in [-0.39, 0.29) is 29.1 Å². The number of amides is 3. The fourth-order valence-electron chi connectivity index (χ4n) is 5.81. The molecule has 0 aliphatic carbocycles. The van der Waals surface area contributed by atoms with Crippen molar-refractivity contribution in [2.75, 3.05) is 10.2 Å². The normalized spacial score (nSPS) is 19.5. The third-order valence-corrected chi connectivity index (χ3v) is 10.7. The molecule has 0 unspecified atom stereocenters. The molecule has 0 radical (unpaired) electrons. The van der Waals surface area contributed by atoms with E-state index in [1.165, 1.54) is 21.2 Å². The lowest BCUT2D eigenvalue weighted by atomic mass is 9.83. The van der Waals surface area contributed by atoms with Gasteiger partial charge >= 0.3 is 4.87 Å². The van der Waals surface area contributed by atoms with Crippen LogP contribution in [0.5, 0.6) is 0 Å². The number of hydrogen-bond acceptors (Lipinski definition) is 6. The number of thiazole rings is 1. The van der Waals surface area contributed by atoms with Crippen molar-refractivity contribution in [1.82, 2.24) is 4.57 Å². The number of aromatic nitrogens is 1. The van der Waals surface area contributed by atoms with Gasteiger partial charge in [-0.2, -0.15) is 0 Å². The number of imide groups is 1. The molecule has 3 amide bonds. The maximum absolute atomic E-state index is 13.9. The number of anilines is 2. The minimum atomic E-state index is -0.740. The highest BCUT2D eigenvalue weighted by Gasteiger charge is 2.56. The number of benzene rings is 4. The lowest BCUT2D eigenvalue weighted by molar-refractivity contribution is -0.122. The quantitative estimate of drug-likeness (QED) is 0.226. The zero-order chi connectivity index (χ0) is 29.0. The highest BCUT2D eigenvalue weighted by atomic mass is 79.9. The van der Waals surface area contributed by atoms with Crippen molar-refractivity contribution in [3.63, 3.8) is 0 Å². The van der Waals surface area contributed by atoms with Crippen LogP contribution >= 0.6 is 39.0 Å². The standard InChI is InChI=1S/C32H22BrN3O4S2/c33-20-11-6-10-19(16-20)25-26-27(30(39)36(29(26)38)21-12-2-1-3-13-21)41-31-28(25)42-32(40)35(31)17-24(37)34-23-15-7-9-18-8-4-5-14-22(18)23/h1-16,25-27H,17H2,(H,34,37)/t25-,26-,27+/m0/s1. The molecule has 3 atom stereocenters. The van der Waals surface area contributed by atoms with Crippen LogP contribution in [-0.4, -0.2) is 27.5 Å². The van der Waals surface area contributed by atoms with Crippen LogP contribution in [0.25, 0.3) is 10.8 Å². The van der Waals surface area contributed by atoms with Crippen molar-refractivity contribution < 1.29 is 14.4 Å². The van der Waals surface area contributed by atoms with Gasteiger partial charge in [-0.25, -0.2) is 4.90 Å². The van der Waals surface area contributed by atoms with Crippen molar-refractivity contribution >= 4 is 78.9 Å². The Morgan fingerprint density at radius 3 is 2.40 bits per heavy atom. The average molecular weight is 657 g/mol. The molecule has 4 aromatic carbocycles. The number of halogens is 1. The molecule has 42 heavy (non-hydrogen) atoms. The minimum Gasteiger partial charge on any atom is -0.324 e. The third-order valence-electron chi connectivity index (χ3n) is 7.64. The Labute approximate surface area is 257 Å². The van der Waals surface area contributed by atoms with Gasteiger partial charge in [0.25, 0.3) is 0 Å². The molecule has 7 nitrogen and oxygen atoms in total. The second-order valence-electron chi connectivity index (χ2n) is 10.1. The van der Waals surface area contributed by atoms with Gasteiger partial charge in [-0.15, -0.1) is 0 Å². The number of carbonyl (C=O) groups excluding carboxylic acids is 3. The molecule has 1 aromatic heterocycles. The molecule has 0 saturated carbocycles. The van der Waals surface area contributed by atoms with Crippen LogP contribution < -0.4 is 15.1 Å². The zero-order valence-corrected chi connectivity index (χ0v) is 25.1. The summed E-state index contributed by atoms with van der Waals surface area (Å²) >= 11 is 5.78. The number of rotatable bonds is 5. The second kappa shape index (κ2) is 10.7. The summed E-state index contributed by atoms with van der Waals surface area (Å²) in [6.07, 6.45) is 0. The number of carbonyl (C=O) groups is 3. The fraction of sp³-hybridized carbons (Fsp3) is 0.125. The third kappa shape index (κ3) is 4.50. The Bertz CT molecular complexity index is 1950. The summed E-state index contributed by atoms with van der Waals surface area (Å²) in [4.78, 5) is 56.2. The Morgan fingerprint density at radius 1 is 0.857 bits per heavy atom. The molecule has 1 fully saturated rings. The number of nitrogens with one attached hydrogen (secondary N) is 1. The molecule has 1 saturated heterocycles. The highest BCUT2D eigenvalue weighted by molar-refractivity contribution is 9.10. The summed E-state index contributed by atoms with van der Waals surface area (Å²) in [6, 6.07) is 29.9. The number of hydrogen-bond donors (Lipinski definition) is 1. The predicted octanol–water partition coefficient (Wildman–Crippen LogP) is 6.26. The van der Waals surface area contributed by atoms with Crippen molar-refractivity contribution in [2.24, 2.45) is 5.92 Å². The van der Waals surface area contributed by atoms with E-state index in [0.717, 1.165) is 32.1 Å². The highest BCUT2D eigenvalue weighted by Crippen LogP contribution is 2.54. The summed E-state index contributed by atoms with van der Waals surface area (Å²) in [6.45, 7) is -0.214. The Balaban J connectivity index is 1.28. The number of para-hydroxylation sites is 1. The van der Waals surface area contributed by atoms with E-state index in [9.17, 15) is 19.2 Å². The molecule has 2 aliphatic rings. The maximum atomic E-state index is 13.9. The predicted molar refractivity (Wildman–Crippen MR) is 169 cm³/mol. The van der Waals surface area contributed by atoms with Crippen molar-refractivity contribution in [1.29, 1.82) is 0 Å². The second-order valence-corrected chi connectivity index (χ2v) is 13.2. The molecule has 0 bridgehead atoms. The van der Waals surface area contributed by atoms with E-state index in [2.05, 4.69) is 21.2 Å². The SMILES string of the molecule is O=C(Cn1c2c(sc1=O)[C@@H](c1cccc(Br)c1)[C@@H]1C(=O)N(c3ccccc3)C(=O)[C@@H]1S2)Nc1cccc2ccccc12. The molecule has 208 valence electrons. The van der Waals surface area contributed by atoms with Crippen LogP contribution in [0.2, 0.25) is 0 Å². The first kappa shape index (κ1) is 26.9. The van der Waals surface area contributed by atoms with Gasteiger partial charge in [0.2, 0.25) is 17.7 Å². The molecular weight excluding hydrogens is 634 g/mol. The first-order chi connectivity index (χ1) is 20.4. The monoisotopic (exact) mass is 655 g/mol. The van der Waals surface area contributed by atoms with Gasteiger partial charge < -0.3 is 5.32 Å². The van der Waals surface area contributed by atoms with Crippen LogP contribution in [0, 0.1) is 5.92 Å². The van der Waals surface area contributed by atoms with Crippen molar-refractivity contribution in [3.05, 3.63) is 122 Å². The van der Waals surface area contributed by atoms with Gasteiger partial charge in [-0.1, -0.05) is 106 Å². The van der Waals surface area contributed by atoms with E-state index >= 15 is 0 Å². The number of nitrogens with zero attached hydrogens (tertiary/aromatic N) is 2. The molecule has 5 aromatic rings. The first-order valence-electron chi connectivity index (χ1n) is 13.3. The van der Waals surface area contributed by atoms with E-state index in [1.54, 1.807) is 24.3 Å². The topological polar surface area (TPSA) is 88.5 Å². The Kier molecular flexibility index (Phi) is 6.84. The summed E-state index contributed by atoms with van der Waals surface area (Å²) in [5.74, 6) is -2.18. The smallest absolute Gasteiger partial charge is 0.308 e. The van der Waals surface area contributed by atoms with Crippen LogP contribution in [0.4, 0.5) is 11.4 Å². The van der Waals surface area contributed by atoms with Crippen LogP contribution in [-0.2, 0) is 20.9 Å². The molecule has 2 aliphatic heterocycles. The maximum Gasteiger partial charge on any atom is 0.308 e. The number of fused-ring (bicyclic) bond motifs is 3. The van der Waals surface area contributed by atoms with Crippen LogP contribution in [0.3, 0.4) is 0 Å². The summed E-state index contributed by atoms with van der Waals surface area (Å²) in [5.41, 5.74) is 2.00. The fourth-order valence-corrected chi connectivity index (χ4v) is 9.00. The Hall–Kier alpha value is -3.99. The van der Waals surface area contributed by atoms with E-state index in [1.807, 2.05) is 72.8 Å². The molecule has 7 rings (SSSR count). The molecule has 3 heterocycles. The van der Waals surface area contributed by atoms with E-state index in [4.69, 9.17) is 0 Å². The van der Waals surface area contributed by atoms with Crippen LogP contribution in [0.15, 0.2) is 111 Å². The zero-order valence-electron chi connectivity index (χ0n) is 21.9. The van der Waals surface area contributed by atoms with Gasteiger partial charge in [0.05, 0.1) is 16.6 Å². The van der Waals surface area contributed by atoms with Crippen molar-refractivity contribution in [2.45, 2.75) is 22.7 Å². The van der Waals surface area contributed by atoms with E-state index < -0.39 is 17.1 Å². The van der Waals surface area contributed by atoms with Gasteiger partial charge in [-0.3, -0.25) is 23.7 Å². The van der Waals surface area contributed by atoms with Gasteiger partial charge in [0, 0.05) is 26.3 Å². The minimum absolute atomic E-state index is 0.214. The van der Waals surface area contributed by atoms with Gasteiger partial charge in [0.1, 0.15) is 11.8 Å². The van der Waals surface area contributed by atoms with Crippen LogP contribution in [0.1, 0.15) is 16.4 Å². The largest absolute Gasteiger partial charge is 0.324 e. The molecule has 0 spiro atoms. The first-order valence-corrected chi connectivity index (χ1v) is 15.8. The van der Waals surface area contributed by atoms with Crippen molar-refractivity contribution in [3.8, 4) is 0 Å². The lowest BCUT2D eigenvalue weighted by Crippen LogP contribution is -2.33. The summed E-state index contributed by atoms with van der Waals surface area (Å²) < 4.78 is 2.27. The molecule has 10 heteroatoms. The molecular formula is C32H22BrN3O4S2. The number of thioether (sulfide) groups is 1. The van der Waals surface area contributed by atoms with Gasteiger partial charge in [0.15, 0.2) is 0 Å². The summed E-state index contributed by atoms with van der Waals surface area (Å²) in [7, 11) is 0. The van der Waals surface area contributed by atoms with E-state index in [0.29, 0.717) is 21.3 Å². The lowest BCUT2D eigenvalue weighted by Gasteiger charge is -2.30. The summed E-state index contributed by atoms with van der Waals surface area (Å²) in [5, 5.41) is 4.67. The van der Waals surface area contributed by atoms with Gasteiger partial charge in [-0.05, 0) is 41.3 Å².